The maximum Gasteiger partial charge on any atom is 0.273 e. The lowest BCUT2D eigenvalue weighted by Crippen LogP contribution is -2.27. The minimum Gasteiger partial charge on any atom is -0.491 e. The molecule has 1 heterocycles. The van der Waals surface area contributed by atoms with Crippen molar-refractivity contribution in [2.24, 2.45) is 0 Å². The van der Waals surface area contributed by atoms with Gasteiger partial charge in [-0.3, -0.25) is 9.59 Å². The molecule has 9 heteroatoms. The first-order valence-corrected chi connectivity index (χ1v) is 9.07. The van der Waals surface area contributed by atoms with Crippen LogP contribution >= 0.6 is 0 Å². The van der Waals surface area contributed by atoms with Crippen molar-refractivity contribution in [1.29, 1.82) is 0 Å². The Labute approximate surface area is 163 Å². The van der Waals surface area contributed by atoms with E-state index in [9.17, 15) is 9.59 Å². The minimum atomic E-state index is -0.349. The van der Waals surface area contributed by atoms with Gasteiger partial charge in [-0.1, -0.05) is 0 Å². The summed E-state index contributed by atoms with van der Waals surface area (Å²) >= 11 is 0. The first-order chi connectivity index (χ1) is 13.6. The summed E-state index contributed by atoms with van der Waals surface area (Å²) in [5, 5.41) is 10.8. The third kappa shape index (κ3) is 7.09. The first-order valence-electron chi connectivity index (χ1n) is 9.07. The van der Waals surface area contributed by atoms with E-state index in [1.165, 1.54) is 0 Å². The van der Waals surface area contributed by atoms with Crippen molar-refractivity contribution in [3.63, 3.8) is 0 Å². The molecular weight excluding hydrogens is 364 g/mol. The molecule has 152 valence electrons. The van der Waals surface area contributed by atoms with Crippen LogP contribution in [0, 0.1) is 0 Å². The van der Waals surface area contributed by atoms with Gasteiger partial charge in [0.15, 0.2) is 5.82 Å². The molecule has 0 fully saturated rings. The Balaban J connectivity index is 1.89. The van der Waals surface area contributed by atoms with E-state index < -0.39 is 0 Å². The van der Waals surface area contributed by atoms with Crippen LogP contribution in [-0.4, -0.2) is 61.7 Å². The van der Waals surface area contributed by atoms with E-state index in [0.717, 1.165) is 6.42 Å². The van der Waals surface area contributed by atoms with Gasteiger partial charge >= 0.3 is 0 Å². The van der Waals surface area contributed by atoms with Gasteiger partial charge in [0.05, 0.1) is 6.61 Å². The number of methoxy groups -OCH3 is 2. The molecule has 0 aliphatic heterocycles. The van der Waals surface area contributed by atoms with Gasteiger partial charge in [0.1, 0.15) is 18.1 Å². The Bertz CT molecular complexity index is 792. The van der Waals surface area contributed by atoms with Crippen molar-refractivity contribution in [3.05, 3.63) is 40.3 Å². The van der Waals surface area contributed by atoms with E-state index in [4.69, 9.17) is 14.2 Å². The molecule has 0 saturated carbocycles. The summed E-state index contributed by atoms with van der Waals surface area (Å²) in [7, 11) is 3.22. The highest BCUT2D eigenvalue weighted by molar-refractivity contribution is 5.76. The van der Waals surface area contributed by atoms with E-state index in [1.54, 1.807) is 38.5 Å². The smallest absolute Gasteiger partial charge is 0.273 e. The SMILES string of the molecule is COCCCNC(=O)CCc1nnc(-c2ccc(OCCOC)cc2)[nH]c1=O. The number of aromatic amines is 1. The van der Waals surface area contributed by atoms with Crippen molar-refractivity contribution >= 4 is 5.91 Å². The fraction of sp³-hybridized carbons (Fsp3) is 0.474. The van der Waals surface area contributed by atoms with Crippen LogP contribution in [0.25, 0.3) is 11.4 Å². The van der Waals surface area contributed by atoms with Gasteiger partial charge in [-0.05, 0) is 30.7 Å². The summed E-state index contributed by atoms with van der Waals surface area (Å²) in [6.45, 7) is 2.10. The minimum absolute atomic E-state index is 0.134. The van der Waals surface area contributed by atoms with Crippen molar-refractivity contribution in [2.75, 3.05) is 40.6 Å². The van der Waals surface area contributed by atoms with E-state index >= 15 is 0 Å². The highest BCUT2D eigenvalue weighted by Gasteiger charge is 2.09. The summed E-state index contributed by atoms with van der Waals surface area (Å²) in [5.74, 6) is 0.927. The van der Waals surface area contributed by atoms with Gasteiger partial charge in [0, 0.05) is 45.8 Å². The van der Waals surface area contributed by atoms with E-state index in [2.05, 4.69) is 20.5 Å². The number of ether oxygens (including phenoxy) is 3. The highest BCUT2D eigenvalue weighted by Crippen LogP contribution is 2.18. The second-order valence-electron chi connectivity index (χ2n) is 6.01. The molecule has 1 aromatic heterocycles. The number of carbonyl (C=O) groups is 1. The highest BCUT2D eigenvalue weighted by atomic mass is 16.5. The zero-order valence-corrected chi connectivity index (χ0v) is 16.2. The van der Waals surface area contributed by atoms with Crippen LogP contribution in [0.15, 0.2) is 29.1 Å². The molecule has 0 atom stereocenters. The van der Waals surface area contributed by atoms with Crippen molar-refractivity contribution in [3.8, 4) is 17.1 Å². The van der Waals surface area contributed by atoms with E-state index in [0.29, 0.717) is 43.5 Å². The van der Waals surface area contributed by atoms with Gasteiger partial charge in [-0.15, -0.1) is 10.2 Å². The summed E-state index contributed by atoms with van der Waals surface area (Å²) in [6, 6.07) is 7.14. The molecular formula is C19H26N4O5. The average molecular weight is 390 g/mol. The summed E-state index contributed by atoms with van der Waals surface area (Å²) in [6.07, 6.45) is 1.15. The van der Waals surface area contributed by atoms with Gasteiger partial charge in [-0.2, -0.15) is 0 Å². The lowest BCUT2D eigenvalue weighted by atomic mass is 10.2. The fourth-order valence-corrected chi connectivity index (χ4v) is 2.37. The molecule has 0 aliphatic carbocycles. The molecule has 1 aromatic carbocycles. The standard InChI is InChI=1S/C19H26N4O5/c1-26-11-3-10-20-17(24)9-8-16-19(25)21-18(23-22-16)14-4-6-15(7-5-14)28-13-12-27-2/h4-7H,3,8-13H2,1-2H3,(H,20,24)(H,21,23,25). The number of amides is 1. The maximum atomic E-state index is 12.2. The fourth-order valence-electron chi connectivity index (χ4n) is 2.37. The van der Waals surface area contributed by atoms with Gasteiger partial charge in [0.25, 0.3) is 5.56 Å². The molecule has 0 radical (unpaired) electrons. The van der Waals surface area contributed by atoms with Gasteiger partial charge in [-0.25, -0.2) is 0 Å². The quantitative estimate of drug-likeness (QED) is 0.518. The Kier molecular flexibility index (Phi) is 9.09. The van der Waals surface area contributed by atoms with Crippen LogP contribution in [0.1, 0.15) is 18.5 Å². The second-order valence-corrected chi connectivity index (χ2v) is 6.01. The number of nitrogens with zero attached hydrogens (tertiary/aromatic N) is 2. The van der Waals surface area contributed by atoms with Crippen LogP contribution < -0.4 is 15.6 Å². The van der Waals surface area contributed by atoms with Crippen LogP contribution in [0.3, 0.4) is 0 Å². The summed E-state index contributed by atoms with van der Waals surface area (Å²) < 4.78 is 15.3. The Morgan fingerprint density at radius 1 is 1.07 bits per heavy atom. The molecule has 0 spiro atoms. The molecule has 0 saturated heterocycles. The van der Waals surface area contributed by atoms with Crippen LogP contribution in [0.5, 0.6) is 5.75 Å². The van der Waals surface area contributed by atoms with E-state index in [-0.39, 0.29) is 30.0 Å². The normalized spacial score (nSPS) is 10.6. The molecule has 0 aliphatic rings. The van der Waals surface area contributed by atoms with E-state index in [1.807, 2.05) is 0 Å². The average Bonchev–Trinajstić information content (AvgIpc) is 2.71. The predicted molar refractivity (Wildman–Crippen MR) is 103 cm³/mol. The van der Waals surface area contributed by atoms with Crippen LogP contribution in [0.2, 0.25) is 0 Å². The molecule has 0 bridgehead atoms. The molecule has 9 nitrogen and oxygen atoms in total. The number of aromatic nitrogens is 3. The number of H-pyrrole nitrogens is 1. The summed E-state index contributed by atoms with van der Waals surface area (Å²) in [4.78, 5) is 26.7. The second kappa shape index (κ2) is 11.8. The largest absolute Gasteiger partial charge is 0.491 e. The molecule has 0 unspecified atom stereocenters. The molecule has 1 amide bonds. The van der Waals surface area contributed by atoms with Gasteiger partial charge in [0.2, 0.25) is 5.91 Å². The number of benzene rings is 1. The number of carbonyl (C=O) groups excluding carboxylic acids is 1. The third-order valence-electron chi connectivity index (χ3n) is 3.88. The Hall–Kier alpha value is -2.78. The molecule has 2 aromatic rings. The lowest BCUT2D eigenvalue weighted by molar-refractivity contribution is -0.121. The molecule has 2 N–H and O–H groups in total. The summed E-state index contributed by atoms with van der Waals surface area (Å²) in [5.41, 5.74) is 0.596. The lowest BCUT2D eigenvalue weighted by Gasteiger charge is -2.07. The number of hydrogen-bond acceptors (Lipinski definition) is 7. The maximum absolute atomic E-state index is 12.2. The topological polar surface area (TPSA) is 115 Å². The number of hydrogen-bond donors (Lipinski definition) is 2. The number of rotatable bonds is 12. The van der Waals surface area contributed by atoms with Crippen molar-refractivity contribution in [2.45, 2.75) is 19.3 Å². The third-order valence-corrected chi connectivity index (χ3v) is 3.88. The number of nitrogens with one attached hydrogen (secondary N) is 2. The Morgan fingerprint density at radius 3 is 2.50 bits per heavy atom. The number of aryl methyl sites for hydroxylation is 1. The van der Waals surface area contributed by atoms with Crippen LogP contribution in [0.4, 0.5) is 0 Å². The first kappa shape index (κ1) is 21.5. The van der Waals surface area contributed by atoms with Gasteiger partial charge < -0.3 is 24.5 Å². The molecule has 28 heavy (non-hydrogen) atoms. The van der Waals surface area contributed by atoms with Crippen LogP contribution in [-0.2, 0) is 20.7 Å². The zero-order chi connectivity index (χ0) is 20.2. The zero-order valence-electron chi connectivity index (χ0n) is 16.2. The van der Waals surface area contributed by atoms with Crippen molar-refractivity contribution in [1.82, 2.24) is 20.5 Å². The monoisotopic (exact) mass is 390 g/mol. The van der Waals surface area contributed by atoms with Crippen molar-refractivity contribution < 1.29 is 19.0 Å². The Morgan fingerprint density at radius 2 is 1.82 bits per heavy atom. The predicted octanol–water partition coefficient (Wildman–Crippen LogP) is 0.942. The molecule has 2 rings (SSSR count).